The molecule has 0 unspecified atom stereocenters. The van der Waals surface area contributed by atoms with E-state index in [0.29, 0.717) is 13.2 Å². The fourth-order valence-electron chi connectivity index (χ4n) is 2.48. The van der Waals surface area contributed by atoms with Gasteiger partial charge in [0.25, 0.3) is 0 Å². The molecule has 1 amide bonds. The van der Waals surface area contributed by atoms with Crippen LogP contribution in [0.15, 0.2) is 18.5 Å². The van der Waals surface area contributed by atoms with Gasteiger partial charge in [0.2, 0.25) is 11.9 Å². The molecule has 3 rings (SSSR count). The van der Waals surface area contributed by atoms with E-state index < -0.39 is 0 Å². The summed E-state index contributed by atoms with van der Waals surface area (Å²) in [5.41, 5.74) is -0.300. The van der Waals surface area contributed by atoms with Gasteiger partial charge in [-0.2, -0.15) is 0 Å². The van der Waals surface area contributed by atoms with Gasteiger partial charge in [-0.15, -0.1) is 0 Å². The Labute approximate surface area is 112 Å². The van der Waals surface area contributed by atoms with Gasteiger partial charge in [-0.05, 0) is 13.0 Å². The highest BCUT2D eigenvalue weighted by Gasteiger charge is 2.44. The van der Waals surface area contributed by atoms with Gasteiger partial charge >= 0.3 is 0 Å². The van der Waals surface area contributed by atoms with Crippen molar-refractivity contribution in [2.75, 3.05) is 44.3 Å². The Bertz CT molecular complexity index is 453. The molecular weight excluding hydrogens is 244 g/mol. The SMILES string of the molecule is CC1(C(=O)N2CCN(c3ncccn3)CC2)COC1. The molecule has 2 fully saturated rings. The van der Waals surface area contributed by atoms with Crippen LogP contribution >= 0.6 is 0 Å². The molecule has 0 bridgehead atoms. The van der Waals surface area contributed by atoms with E-state index in [1.165, 1.54) is 0 Å². The molecule has 102 valence electrons. The molecule has 2 saturated heterocycles. The zero-order valence-corrected chi connectivity index (χ0v) is 11.1. The second kappa shape index (κ2) is 4.77. The molecule has 6 heteroatoms. The molecule has 0 N–H and O–H groups in total. The maximum Gasteiger partial charge on any atom is 0.233 e. The summed E-state index contributed by atoms with van der Waals surface area (Å²) in [5.74, 6) is 0.958. The molecule has 0 aliphatic carbocycles. The van der Waals surface area contributed by atoms with E-state index in [9.17, 15) is 4.79 Å². The lowest BCUT2D eigenvalue weighted by Gasteiger charge is -2.43. The summed E-state index contributed by atoms with van der Waals surface area (Å²) in [7, 11) is 0. The van der Waals surface area contributed by atoms with Crippen LogP contribution in [0, 0.1) is 5.41 Å². The van der Waals surface area contributed by atoms with Crippen LogP contribution in [-0.2, 0) is 9.53 Å². The highest BCUT2D eigenvalue weighted by molar-refractivity contribution is 5.83. The van der Waals surface area contributed by atoms with Crippen LogP contribution in [-0.4, -0.2) is 60.2 Å². The fourth-order valence-corrected chi connectivity index (χ4v) is 2.48. The van der Waals surface area contributed by atoms with Crippen molar-refractivity contribution in [1.82, 2.24) is 14.9 Å². The van der Waals surface area contributed by atoms with Crippen molar-refractivity contribution in [3.63, 3.8) is 0 Å². The number of ether oxygens (including phenoxy) is 1. The van der Waals surface area contributed by atoms with Gasteiger partial charge in [0, 0.05) is 38.6 Å². The molecule has 2 aliphatic heterocycles. The number of aromatic nitrogens is 2. The Morgan fingerprint density at radius 1 is 1.21 bits per heavy atom. The van der Waals surface area contributed by atoms with Gasteiger partial charge in [0.1, 0.15) is 0 Å². The molecular formula is C13H18N4O2. The lowest BCUT2D eigenvalue weighted by Crippen LogP contribution is -2.58. The third-order valence-electron chi connectivity index (χ3n) is 3.76. The zero-order valence-electron chi connectivity index (χ0n) is 11.1. The summed E-state index contributed by atoms with van der Waals surface area (Å²) in [4.78, 5) is 24.9. The first kappa shape index (κ1) is 12.3. The number of piperazine rings is 1. The Balaban J connectivity index is 1.59. The summed E-state index contributed by atoms with van der Waals surface area (Å²) in [5, 5.41) is 0. The van der Waals surface area contributed by atoms with Crippen LogP contribution in [0.2, 0.25) is 0 Å². The first-order valence-electron chi connectivity index (χ1n) is 6.58. The average molecular weight is 262 g/mol. The number of rotatable bonds is 2. The summed E-state index contributed by atoms with van der Waals surface area (Å²) in [6, 6.07) is 1.81. The lowest BCUT2D eigenvalue weighted by atomic mass is 9.86. The van der Waals surface area contributed by atoms with Crippen LogP contribution in [0.1, 0.15) is 6.92 Å². The Morgan fingerprint density at radius 3 is 2.37 bits per heavy atom. The van der Waals surface area contributed by atoms with Gasteiger partial charge in [0.05, 0.1) is 18.6 Å². The van der Waals surface area contributed by atoms with Gasteiger partial charge in [-0.3, -0.25) is 4.79 Å². The lowest BCUT2D eigenvalue weighted by molar-refractivity contribution is -0.169. The van der Waals surface area contributed by atoms with E-state index in [-0.39, 0.29) is 11.3 Å². The predicted molar refractivity (Wildman–Crippen MR) is 69.8 cm³/mol. The average Bonchev–Trinajstić information content (AvgIpc) is 2.45. The highest BCUT2D eigenvalue weighted by Crippen LogP contribution is 2.29. The Hall–Kier alpha value is -1.69. The van der Waals surface area contributed by atoms with E-state index in [2.05, 4.69) is 14.9 Å². The molecule has 0 aromatic carbocycles. The first-order valence-corrected chi connectivity index (χ1v) is 6.58. The standard InChI is InChI=1S/C13H18N4O2/c1-13(9-19-10-13)11(18)16-5-7-17(8-6-16)12-14-3-2-4-15-12/h2-4H,5-10H2,1H3. The van der Waals surface area contributed by atoms with Crippen LogP contribution in [0.5, 0.6) is 0 Å². The molecule has 3 heterocycles. The van der Waals surface area contributed by atoms with E-state index in [0.717, 1.165) is 32.1 Å². The van der Waals surface area contributed by atoms with Gasteiger partial charge in [-0.1, -0.05) is 0 Å². The van der Waals surface area contributed by atoms with Crippen molar-refractivity contribution in [1.29, 1.82) is 0 Å². The third-order valence-corrected chi connectivity index (χ3v) is 3.76. The molecule has 0 atom stereocenters. The number of anilines is 1. The Kier molecular flexibility index (Phi) is 3.10. The largest absolute Gasteiger partial charge is 0.379 e. The van der Waals surface area contributed by atoms with Crippen LogP contribution < -0.4 is 4.90 Å². The van der Waals surface area contributed by atoms with Gasteiger partial charge in [-0.25, -0.2) is 9.97 Å². The van der Waals surface area contributed by atoms with E-state index in [1.807, 2.05) is 11.8 Å². The molecule has 0 saturated carbocycles. The Morgan fingerprint density at radius 2 is 1.84 bits per heavy atom. The van der Waals surface area contributed by atoms with Gasteiger partial charge < -0.3 is 14.5 Å². The molecule has 6 nitrogen and oxygen atoms in total. The van der Waals surface area contributed by atoms with Crippen molar-refractivity contribution in [2.24, 2.45) is 5.41 Å². The van der Waals surface area contributed by atoms with E-state index >= 15 is 0 Å². The normalized spacial score (nSPS) is 21.9. The molecule has 1 aromatic rings. The van der Waals surface area contributed by atoms with Crippen molar-refractivity contribution in [3.05, 3.63) is 18.5 Å². The number of hydrogen-bond donors (Lipinski definition) is 0. The summed E-state index contributed by atoms with van der Waals surface area (Å²) >= 11 is 0. The maximum absolute atomic E-state index is 12.3. The van der Waals surface area contributed by atoms with E-state index in [4.69, 9.17) is 4.74 Å². The van der Waals surface area contributed by atoms with Crippen LogP contribution in [0.25, 0.3) is 0 Å². The van der Waals surface area contributed by atoms with Crippen LogP contribution in [0.4, 0.5) is 5.95 Å². The first-order chi connectivity index (χ1) is 9.19. The van der Waals surface area contributed by atoms with Crippen molar-refractivity contribution in [3.8, 4) is 0 Å². The fraction of sp³-hybridized carbons (Fsp3) is 0.615. The predicted octanol–water partition coefficient (Wildman–Crippen LogP) is 0.162. The third kappa shape index (κ3) is 2.28. The minimum atomic E-state index is -0.300. The second-order valence-corrected chi connectivity index (χ2v) is 5.38. The van der Waals surface area contributed by atoms with Crippen molar-refractivity contribution < 1.29 is 9.53 Å². The molecule has 0 spiro atoms. The topological polar surface area (TPSA) is 58.6 Å². The molecule has 0 radical (unpaired) electrons. The quantitative estimate of drug-likeness (QED) is 0.760. The monoisotopic (exact) mass is 262 g/mol. The highest BCUT2D eigenvalue weighted by atomic mass is 16.5. The molecule has 2 aliphatic rings. The molecule has 1 aromatic heterocycles. The summed E-state index contributed by atoms with van der Waals surface area (Å²) in [6.07, 6.45) is 3.49. The zero-order chi connectivity index (χ0) is 13.3. The number of amides is 1. The summed E-state index contributed by atoms with van der Waals surface area (Å²) < 4.78 is 5.16. The van der Waals surface area contributed by atoms with E-state index in [1.54, 1.807) is 18.5 Å². The van der Waals surface area contributed by atoms with Gasteiger partial charge in [0.15, 0.2) is 0 Å². The smallest absolute Gasteiger partial charge is 0.233 e. The van der Waals surface area contributed by atoms with Crippen molar-refractivity contribution >= 4 is 11.9 Å². The maximum atomic E-state index is 12.3. The van der Waals surface area contributed by atoms with Crippen molar-refractivity contribution in [2.45, 2.75) is 6.92 Å². The number of carbonyl (C=O) groups is 1. The summed E-state index contributed by atoms with van der Waals surface area (Å²) in [6.45, 7) is 6.10. The minimum absolute atomic E-state index is 0.215. The van der Waals surface area contributed by atoms with Crippen LogP contribution in [0.3, 0.4) is 0 Å². The second-order valence-electron chi connectivity index (χ2n) is 5.38. The number of carbonyl (C=O) groups excluding carboxylic acids is 1. The minimum Gasteiger partial charge on any atom is -0.379 e. The molecule has 19 heavy (non-hydrogen) atoms. The number of nitrogens with zero attached hydrogens (tertiary/aromatic N) is 4. The number of hydrogen-bond acceptors (Lipinski definition) is 5.